The predicted molar refractivity (Wildman–Crippen MR) is 147 cm³/mol. The number of benzene rings is 3. The van der Waals surface area contributed by atoms with E-state index in [9.17, 15) is 19.5 Å². The Balaban J connectivity index is 1.63. The third-order valence-corrected chi connectivity index (χ3v) is 7.46. The van der Waals surface area contributed by atoms with E-state index in [2.05, 4.69) is 4.98 Å². The van der Waals surface area contributed by atoms with Crippen LogP contribution in [0.25, 0.3) is 0 Å². The van der Waals surface area contributed by atoms with E-state index >= 15 is 0 Å². The van der Waals surface area contributed by atoms with E-state index in [0.29, 0.717) is 27.8 Å². The second-order valence-corrected chi connectivity index (χ2v) is 9.98. The Bertz CT molecular complexity index is 1610. The number of rotatable bonds is 7. The molecule has 8 nitrogen and oxygen atoms in total. The highest BCUT2D eigenvalue weighted by Gasteiger charge is 2.46. The summed E-state index contributed by atoms with van der Waals surface area (Å²) in [6.45, 7) is 1.61. The number of Topliss-reactive ketones (excluding diaryl/α,β-unsaturated/α-hetero) is 1. The summed E-state index contributed by atoms with van der Waals surface area (Å²) in [5, 5.41) is 11.6. The number of carbonyl (C=O) groups excluding carboxylic acids is 3. The van der Waals surface area contributed by atoms with Crippen LogP contribution in [-0.2, 0) is 9.53 Å². The van der Waals surface area contributed by atoms with Crippen LogP contribution in [0.15, 0.2) is 90.2 Å². The third kappa shape index (κ3) is 5.01. The normalized spacial score (nSPS) is 15.0. The van der Waals surface area contributed by atoms with E-state index in [0.717, 1.165) is 11.3 Å². The minimum absolute atomic E-state index is 0.128. The Kier molecular flexibility index (Phi) is 7.19. The molecule has 1 N–H and O–H groups in total. The molecule has 4 aromatic rings. The van der Waals surface area contributed by atoms with E-state index in [1.54, 1.807) is 55.5 Å². The Hall–Kier alpha value is -4.47. The number of methoxy groups -OCH3 is 1. The molecular weight excluding hydrogens is 540 g/mol. The number of esters is 1. The Morgan fingerprint density at radius 3 is 2.38 bits per heavy atom. The van der Waals surface area contributed by atoms with Crippen LogP contribution in [0, 0.1) is 6.92 Å². The lowest BCUT2D eigenvalue weighted by molar-refractivity contribution is -0.117. The third-order valence-electron chi connectivity index (χ3n) is 6.07. The first kappa shape index (κ1) is 26.1. The first-order chi connectivity index (χ1) is 18.8. The fourth-order valence-electron chi connectivity index (χ4n) is 4.25. The van der Waals surface area contributed by atoms with E-state index < -0.39 is 29.5 Å². The van der Waals surface area contributed by atoms with Crippen molar-refractivity contribution in [1.29, 1.82) is 0 Å². The largest absolute Gasteiger partial charge is 0.503 e. The predicted octanol–water partition coefficient (Wildman–Crippen LogP) is 6.47. The molecule has 0 saturated heterocycles. The van der Waals surface area contributed by atoms with Crippen molar-refractivity contribution < 1.29 is 29.0 Å². The number of ketones is 1. The van der Waals surface area contributed by atoms with Crippen LogP contribution in [0.1, 0.15) is 37.3 Å². The summed E-state index contributed by atoms with van der Waals surface area (Å²) in [6, 6.07) is 21.1. The van der Waals surface area contributed by atoms with Crippen molar-refractivity contribution in [3.8, 4) is 11.5 Å². The topological polar surface area (TPSA) is 106 Å². The van der Waals surface area contributed by atoms with Crippen LogP contribution in [0.4, 0.5) is 5.13 Å². The van der Waals surface area contributed by atoms with Gasteiger partial charge in [0.25, 0.3) is 5.91 Å². The van der Waals surface area contributed by atoms with Gasteiger partial charge in [0.1, 0.15) is 16.4 Å². The molecule has 0 fully saturated rings. The minimum atomic E-state index is -1.06. The van der Waals surface area contributed by atoms with Gasteiger partial charge in [0.15, 0.2) is 16.7 Å². The van der Waals surface area contributed by atoms with Crippen molar-refractivity contribution in [3.63, 3.8) is 0 Å². The number of carbonyl (C=O) groups is 3. The van der Waals surface area contributed by atoms with Crippen molar-refractivity contribution in [2.24, 2.45) is 0 Å². The number of aliphatic hydroxyl groups is 1. The fourth-order valence-corrected chi connectivity index (χ4v) is 5.38. The molecule has 5 rings (SSSR count). The highest BCUT2D eigenvalue weighted by atomic mass is 35.5. The van der Waals surface area contributed by atoms with Crippen LogP contribution < -0.4 is 9.64 Å². The second kappa shape index (κ2) is 10.7. The highest BCUT2D eigenvalue weighted by molar-refractivity contribution is 7.17. The molecule has 196 valence electrons. The molecule has 2 heterocycles. The maximum Gasteiger partial charge on any atom is 0.350 e. The number of ether oxygens (including phenoxy) is 2. The van der Waals surface area contributed by atoms with Gasteiger partial charge in [-0.25, -0.2) is 9.78 Å². The number of nitrogens with zero attached hydrogens (tertiary/aromatic N) is 2. The zero-order chi connectivity index (χ0) is 27.7. The standard InChI is InChI=1S/C29H21ClN2O6S/c1-16-26(28(36)37-2)39-29(31-16)32-23(18-7-6-10-21(15-18)38-20-8-4-3-5-9-20)22(25(34)27(32)35)24(33)17-11-13-19(30)14-12-17/h3-15,23,34H,1-2H3. The number of hydrogen-bond donors (Lipinski definition) is 1. The van der Waals surface area contributed by atoms with Gasteiger partial charge in [-0.1, -0.05) is 53.3 Å². The number of aromatic nitrogens is 1. The summed E-state index contributed by atoms with van der Waals surface area (Å²) < 4.78 is 10.8. The van der Waals surface area contributed by atoms with Gasteiger partial charge in [-0.05, 0) is 61.0 Å². The molecule has 0 aliphatic carbocycles. The summed E-state index contributed by atoms with van der Waals surface area (Å²) >= 11 is 6.93. The van der Waals surface area contributed by atoms with Crippen molar-refractivity contribution in [1.82, 2.24) is 4.98 Å². The van der Waals surface area contributed by atoms with Crippen LogP contribution >= 0.6 is 22.9 Å². The molecule has 0 spiro atoms. The van der Waals surface area contributed by atoms with Crippen molar-refractivity contribution in [2.75, 3.05) is 12.0 Å². The van der Waals surface area contributed by atoms with E-state index in [1.807, 2.05) is 18.2 Å². The number of thiazole rings is 1. The first-order valence-electron chi connectivity index (χ1n) is 11.7. The highest BCUT2D eigenvalue weighted by Crippen LogP contribution is 2.44. The maximum absolute atomic E-state index is 13.7. The molecule has 0 bridgehead atoms. The monoisotopic (exact) mass is 560 g/mol. The minimum Gasteiger partial charge on any atom is -0.503 e. The van der Waals surface area contributed by atoms with Crippen molar-refractivity contribution in [3.05, 3.63) is 117 Å². The molecule has 1 unspecified atom stereocenters. The second-order valence-electron chi connectivity index (χ2n) is 8.57. The summed E-state index contributed by atoms with van der Waals surface area (Å²) in [5.41, 5.74) is 0.951. The average molecular weight is 561 g/mol. The van der Waals surface area contributed by atoms with Crippen LogP contribution in [0.3, 0.4) is 0 Å². The molecule has 1 amide bonds. The van der Waals surface area contributed by atoms with Gasteiger partial charge in [0.05, 0.1) is 24.4 Å². The average Bonchev–Trinajstić information content (AvgIpc) is 3.45. The number of aryl methyl sites for hydroxylation is 1. The molecule has 1 aliphatic heterocycles. The van der Waals surface area contributed by atoms with Gasteiger partial charge in [-0.3, -0.25) is 14.5 Å². The first-order valence-corrected chi connectivity index (χ1v) is 12.9. The van der Waals surface area contributed by atoms with Crippen LogP contribution in [0.5, 0.6) is 11.5 Å². The number of anilines is 1. The van der Waals surface area contributed by atoms with E-state index in [4.69, 9.17) is 21.1 Å². The fraction of sp³-hybridized carbons (Fsp3) is 0.103. The van der Waals surface area contributed by atoms with Crippen LogP contribution in [0.2, 0.25) is 5.02 Å². The molecule has 0 radical (unpaired) electrons. The summed E-state index contributed by atoms with van der Waals surface area (Å²) in [6.07, 6.45) is 0. The van der Waals surface area contributed by atoms with Gasteiger partial charge in [0.2, 0.25) is 0 Å². The van der Waals surface area contributed by atoms with Crippen LogP contribution in [-0.4, -0.2) is 34.9 Å². The van der Waals surface area contributed by atoms with Gasteiger partial charge in [0, 0.05) is 10.6 Å². The Labute approximate surface area is 232 Å². The number of hydrogen-bond acceptors (Lipinski definition) is 8. The SMILES string of the molecule is COC(=O)c1sc(N2C(=O)C(O)=C(C(=O)c3ccc(Cl)cc3)C2c2cccc(Oc3ccccc3)c2)nc1C. The molecule has 1 aromatic heterocycles. The lowest BCUT2D eigenvalue weighted by Gasteiger charge is -2.25. The van der Waals surface area contributed by atoms with Gasteiger partial charge in [-0.2, -0.15) is 0 Å². The zero-order valence-electron chi connectivity index (χ0n) is 20.8. The molecular formula is C29H21ClN2O6S. The zero-order valence-corrected chi connectivity index (χ0v) is 22.3. The Morgan fingerprint density at radius 2 is 1.69 bits per heavy atom. The van der Waals surface area contributed by atoms with Gasteiger partial charge < -0.3 is 14.6 Å². The summed E-state index contributed by atoms with van der Waals surface area (Å²) in [5.74, 6) is -1.63. The summed E-state index contributed by atoms with van der Waals surface area (Å²) in [4.78, 5) is 45.3. The lowest BCUT2D eigenvalue weighted by Crippen LogP contribution is -2.31. The number of halogens is 1. The molecule has 0 saturated carbocycles. The molecule has 1 aliphatic rings. The Morgan fingerprint density at radius 1 is 1.00 bits per heavy atom. The molecule has 3 aromatic carbocycles. The van der Waals surface area contributed by atoms with Gasteiger partial charge >= 0.3 is 5.97 Å². The molecule has 1 atom stereocenters. The molecule has 10 heteroatoms. The van der Waals surface area contributed by atoms with Crippen molar-refractivity contribution in [2.45, 2.75) is 13.0 Å². The smallest absolute Gasteiger partial charge is 0.350 e. The lowest BCUT2D eigenvalue weighted by atomic mass is 9.93. The summed E-state index contributed by atoms with van der Waals surface area (Å²) in [7, 11) is 1.25. The number of aliphatic hydroxyl groups excluding tert-OH is 1. The quantitative estimate of drug-likeness (QED) is 0.204. The number of para-hydroxylation sites is 1. The van der Waals surface area contributed by atoms with E-state index in [1.165, 1.54) is 24.1 Å². The van der Waals surface area contributed by atoms with Gasteiger partial charge in [-0.15, -0.1) is 0 Å². The maximum atomic E-state index is 13.7. The number of amides is 1. The van der Waals surface area contributed by atoms with Crippen molar-refractivity contribution >= 4 is 45.7 Å². The van der Waals surface area contributed by atoms with E-state index in [-0.39, 0.29) is 21.1 Å². The molecule has 39 heavy (non-hydrogen) atoms.